The molecule has 224 valence electrons. The Hall–Kier alpha value is -3.15. The van der Waals surface area contributed by atoms with Gasteiger partial charge in [0.05, 0.1) is 29.5 Å². The molecule has 41 heavy (non-hydrogen) atoms. The molecule has 2 N–H and O–H groups in total. The van der Waals surface area contributed by atoms with Crippen molar-refractivity contribution in [1.82, 2.24) is 9.80 Å². The van der Waals surface area contributed by atoms with Crippen LogP contribution in [0.1, 0.15) is 48.2 Å². The number of likely N-dealkylation sites (N-methyl/N-ethyl adjacent to an activating group) is 1. The number of anilines is 1. The number of amides is 2. The van der Waals surface area contributed by atoms with Gasteiger partial charge in [-0.25, -0.2) is 0 Å². The number of benzene rings is 2. The number of carbonyl (C=O) groups excluding carboxylic acids is 2. The maximum atomic E-state index is 13.7. The average molecular weight is 578 g/mol. The minimum absolute atomic E-state index is 0.163. The Morgan fingerprint density at radius 1 is 1.17 bits per heavy atom. The van der Waals surface area contributed by atoms with E-state index in [2.05, 4.69) is 5.32 Å². The van der Waals surface area contributed by atoms with E-state index < -0.39 is 23.9 Å². The van der Waals surface area contributed by atoms with E-state index in [4.69, 9.17) is 9.47 Å². The Labute approximate surface area is 238 Å². The van der Waals surface area contributed by atoms with Crippen molar-refractivity contribution in [3.63, 3.8) is 0 Å². The first-order valence-electron chi connectivity index (χ1n) is 13.9. The SMILES string of the molecule is C[C@H](CO)N1C[C@H](C)[C@@H](CN(C)Cc2ccc(C(F)(F)F)cc2)Oc2c(NC(=O)C3CCOCC3)cccc2C1=O. The summed E-state index contributed by atoms with van der Waals surface area (Å²) >= 11 is 0. The fourth-order valence-corrected chi connectivity index (χ4v) is 5.24. The van der Waals surface area contributed by atoms with E-state index in [9.17, 15) is 27.9 Å². The standard InChI is InChI=1S/C30H38F3N3O5/c1-19-15-36(20(2)18-37)29(39)24-5-4-6-25(34-28(38)22-11-13-40-14-12-22)27(24)41-26(19)17-35(3)16-21-7-9-23(10-8-21)30(31,32)33/h4-10,19-20,22,26,37H,11-18H2,1-3H3,(H,34,38)/t19-,20+,26+/m0/s1. The van der Waals surface area contributed by atoms with Gasteiger partial charge < -0.3 is 24.8 Å². The molecule has 2 aromatic rings. The van der Waals surface area contributed by atoms with Gasteiger partial charge in [-0.1, -0.05) is 25.1 Å². The first-order valence-corrected chi connectivity index (χ1v) is 13.9. The second-order valence-corrected chi connectivity index (χ2v) is 11.1. The lowest BCUT2D eigenvalue weighted by atomic mass is 9.98. The quantitative estimate of drug-likeness (QED) is 0.483. The predicted molar refractivity (Wildman–Crippen MR) is 148 cm³/mol. The maximum Gasteiger partial charge on any atom is 0.416 e. The van der Waals surface area contributed by atoms with Crippen molar-refractivity contribution >= 4 is 17.5 Å². The predicted octanol–water partition coefficient (Wildman–Crippen LogP) is 4.42. The average Bonchev–Trinajstić information content (AvgIpc) is 2.95. The monoisotopic (exact) mass is 577 g/mol. The summed E-state index contributed by atoms with van der Waals surface area (Å²) in [6.07, 6.45) is -3.61. The highest BCUT2D eigenvalue weighted by Crippen LogP contribution is 2.36. The number of hydrogen-bond donors (Lipinski definition) is 2. The number of para-hydroxylation sites is 1. The molecule has 2 aromatic carbocycles. The molecule has 2 aliphatic heterocycles. The molecule has 4 rings (SSSR count). The molecule has 8 nitrogen and oxygen atoms in total. The Bertz CT molecular complexity index is 1200. The normalized spacial score (nSPS) is 21.1. The number of hydrogen-bond acceptors (Lipinski definition) is 6. The summed E-state index contributed by atoms with van der Waals surface area (Å²) in [7, 11) is 1.85. The van der Waals surface area contributed by atoms with Crippen molar-refractivity contribution in [1.29, 1.82) is 0 Å². The molecule has 0 spiro atoms. The molecule has 2 aliphatic rings. The topological polar surface area (TPSA) is 91.3 Å². The third kappa shape index (κ3) is 7.58. The van der Waals surface area contributed by atoms with Gasteiger partial charge in [0.25, 0.3) is 5.91 Å². The van der Waals surface area contributed by atoms with Crippen LogP contribution in [0.4, 0.5) is 18.9 Å². The molecule has 0 aromatic heterocycles. The summed E-state index contributed by atoms with van der Waals surface area (Å²) in [4.78, 5) is 30.3. The minimum Gasteiger partial charge on any atom is -0.486 e. The van der Waals surface area contributed by atoms with E-state index in [1.807, 2.05) is 18.9 Å². The van der Waals surface area contributed by atoms with Crippen LogP contribution in [0.3, 0.4) is 0 Å². The lowest BCUT2D eigenvalue weighted by molar-refractivity contribution is -0.137. The molecule has 2 amide bonds. The van der Waals surface area contributed by atoms with Crippen molar-refractivity contribution < 1.29 is 37.3 Å². The van der Waals surface area contributed by atoms with Crippen LogP contribution >= 0.6 is 0 Å². The molecule has 1 fully saturated rings. The van der Waals surface area contributed by atoms with Crippen molar-refractivity contribution in [3.8, 4) is 5.75 Å². The Kier molecular flexibility index (Phi) is 9.93. The summed E-state index contributed by atoms with van der Waals surface area (Å²) in [5, 5.41) is 12.9. The molecule has 2 heterocycles. The number of ether oxygens (including phenoxy) is 2. The van der Waals surface area contributed by atoms with Gasteiger partial charge in [0, 0.05) is 44.7 Å². The van der Waals surface area contributed by atoms with Crippen LogP contribution < -0.4 is 10.1 Å². The molecular formula is C30H38F3N3O5. The third-order valence-electron chi connectivity index (χ3n) is 7.77. The number of fused-ring (bicyclic) bond motifs is 1. The van der Waals surface area contributed by atoms with Crippen LogP contribution in [0.25, 0.3) is 0 Å². The summed E-state index contributed by atoms with van der Waals surface area (Å²) in [6.45, 7) is 5.65. The van der Waals surface area contributed by atoms with E-state index in [1.165, 1.54) is 12.1 Å². The number of nitrogens with zero attached hydrogens (tertiary/aromatic N) is 2. The van der Waals surface area contributed by atoms with Gasteiger partial charge in [-0.3, -0.25) is 14.5 Å². The van der Waals surface area contributed by atoms with E-state index in [-0.39, 0.29) is 41.6 Å². The van der Waals surface area contributed by atoms with Crippen LogP contribution in [0.15, 0.2) is 42.5 Å². The highest BCUT2D eigenvalue weighted by Gasteiger charge is 2.35. The lowest BCUT2D eigenvalue weighted by Gasteiger charge is -2.38. The smallest absolute Gasteiger partial charge is 0.416 e. The Balaban J connectivity index is 1.60. The summed E-state index contributed by atoms with van der Waals surface area (Å²) in [5.41, 5.74) is 0.705. The van der Waals surface area contributed by atoms with Gasteiger partial charge in [0.2, 0.25) is 5.91 Å². The summed E-state index contributed by atoms with van der Waals surface area (Å²) in [6, 6.07) is 9.67. The maximum absolute atomic E-state index is 13.7. The molecular weight excluding hydrogens is 539 g/mol. The molecule has 0 aliphatic carbocycles. The third-order valence-corrected chi connectivity index (χ3v) is 7.77. The number of carbonyl (C=O) groups is 2. The van der Waals surface area contributed by atoms with Gasteiger partial charge in [-0.2, -0.15) is 13.2 Å². The van der Waals surface area contributed by atoms with Crippen LogP contribution in [-0.2, 0) is 22.3 Å². The largest absolute Gasteiger partial charge is 0.486 e. The van der Waals surface area contributed by atoms with E-state index in [1.54, 1.807) is 30.0 Å². The molecule has 0 radical (unpaired) electrons. The molecule has 0 unspecified atom stereocenters. The van der Waals surface area contributed by atoms with Crippen LogP contribution in [0.2, 0.25) is 0 Å². The first-order chi connectivity index (χ1) is 19.5. The van der Waals surface area contributed by atoms with Crippen molar-refractivity contribution in [2.24, 2.45) is 11.8 Å². The van der Waals surface area contributed by atoms with Gasteiger partial charge in [0.15, 0.2) is 5.75 Å². The molecule has 0 saturated carbocycles. The second-order valence-electron chi connectivity index (χ2n) is 11.1. The number of rotatable bonds is 8. The van der Waals surface area contributed by atoms with Gasteiger partial charge in [0.1, 0.15) is 6.10 Å². The van der Waals surface area contributed by atoms with Gasteiger partial charge >= 0.3 is 6.18 Å². The summed E-state index contributed by atoms with van der Waals surface area (Å²) < 4.78 is 50.9. The highest BCUT2D eigenvalue weighted by molar-refractivity contribution is 6.02. The number of nitrogens with one attached hydrogen (secondary N) is 1. The number of halogens is 3. The molecule has 1 saturated heterocycles. The Morgan fingerprint density at radius 3 is 2.49 bits per heavy atom. The minimum atomic E-state index is -4.40. The molecule has 0 bridgehead atoms. The number of alkyl halides is 3. The fourth-order valence-electron chi connectivity index (χ4n) is 5.24. The Morgan fingerprint density at radius 2 is 1.85 bits per heavy atom. The van der Waals surface area contributed by atoms with Crippen LogP contribution in [0.5, 0.6) is 5.75 Å². The number of aliphatic hydroxyl groups is 1. The van der Waals surface area contributed by atoms with E-state index >= 15 is 0 Å². The number of aliphatic hydroxyl groups excluding tert-OH is 1. The second kappa shape index (κ2) is 13.2. The van der Waals surface area contributed by atoms with E-state index in [0.29, 0.717) is 51.4 Å². The molecule has 3 atom stereocenters. The fraction of sp³-hybridized carbons (Fsp3) is 0.533. The first kappa shape index (κ1) is 30.8. The highest BCUT2D eigenvalue weighted by atomic mass is 19.4. The van der Waals surface area contributed by atoms with Gasteiger partial charge in [-0.05, 0) is 56.6 Å². The summed E-state index contributed by atoms with van der Waals surface area (Å²) in [5.74, 6) is -0.571. The zero-order valence-electron chi connectivity index (χ0n) is 23.6. The van der Waals surface area contributed by atoms with Gasteiger partial charge in [-0.15, -0.1) is 0 Å². The van der Waals surface area contributed by atoms with E-state index in [0.717, 1.165) is 17.7 Å². The van der Waals surface area contributed by atoms with Crippen LogP contribution in [-0.4, -0.2) is 78.8 Å². The zero-order chi connectivity index (χ0) is 29.7. The lowest BCUT2D eigenvalue weighted by Crippen LogP contribution is -2.49. The van der Waals surface area contributed by atoms with Crippen LogP contribution in [0, 0.1) is 11.8 Å². The zero-order valence-corrected chi connectivity index (χ0v) is 23.6. The van der Waals surface area contributed by atoms with Crippen molar-refractivity contribution in [3.05, 3.63) is 59.2 Å². The van der Waals surface area contributed by atoms with Crippen molar-refractivity contribution in [2.45, 2.75) is 51.6 Å². The molecule has 11 heteroatoms. The van der Waals surface area contributed by atoms with Crippen molar-refractivity contribution in [2.75, 3.05) is 45.3 Å².